The Hall–Kier alpha value is -1.17. The van der Waals surface area contributed by atoms with E-state index in [1.807, 2.05) is 0 Å². The molecule has 2 nitrogen and oxygen atoms in total. The van der Waals surface area contributed by atoms with Crippen molar-refractivity contribution in [3.63, 3.8) is 0 Å². The first-order valence-electron chi connectivity index (χ1n) is 5.88. The third-order valence-corrected chi connectivity index (χ3v) is 3.68. The average Bonchev–Trinajstić information content (AvgIpc) is 2.41. The fraction of sp³-hybridized carbons (Fsp3) is 0.143. The summed E-state index contributed by atoms with van der Waals surface area (Å²) in [6.45, 7) is 0.188. The van der Waals surface area contributed by atoms with Gasteiger partial charge in [0, 0.05) is 22.8 Å². The van der Waals surface area contributed by atoms with Crippen LogP contribution in [-0.2, 0) is 0 Å². The van der Waals surface area contributed by atoms with Gasteiger partial charge in [-0.25, -0.2) is 8.78 Å². The van der Waals surface area contributed by atoms with Crippen LogP contribution in [0.4, 0.5) is 14.5 Å². The van der Waals surface area contributed by atoms with Crippen LogP contribution in [0.2, 0.25) is 5.02 Å². The van der Waals surface area contributed by atoms with E-state index in [9.17, 15) is 8.78 Å². The molecule has 1 atom stereocenters. The second-order valence-electron chi connectivity index (χ2n) is 4.23. The van der Waals surface area contributed by atoms with Gasteiger partial charge in [-0.2, -0.15) is 0 Å². The molecule has 0 aliphatic heterocycles. The van der Waals surface area contributed by atoms with Crippen LogP contribution in [0.25, 0.3) is 0 Å². The summed E-state index contributed by atoms with van der Waals surface area (Å²) in [6.07, 6.45) is 0. The van der Waals surface area contributed by atoms with Gasteiger partial charge in [-0.1, -0.05) is 17.7 Å². The Morgan fingerprint density at radius 1 is 1.15 bits per heavy atom. The minimum absolute atomic E-state index is 0.188. The van der Waals surface area contributed by atoms with Crippen molar-refractivity contribution in [1.82, 2.24) is 0 Å². The summed E-state index contributed by atoms with van der Waals surface area (Å²) in [7, 11) is 0. The molecule has 0 fully saturated rings. The Morgan fingerprint density at radius 2 is 1.90 bits per heavy atom. The molecular weight excluding hydrogens is 350 g/mol. The number of benzene rings is 2. The molecule has 0 amide bonds. The van der Waals surface area contributed by atoms with Crippen molar-refractivity contribution in [2.75, 3.05) is 11.9 Å². The van der Waals surface area contributed by atoms with Crippen molar-refractivity contribution in [3.8, 4) is 0 Å². The number of rotatable bonds is 4. The van der Waals surface area contributed by atoms with Gasteiger partial charge in [0.15, 0.2) is 0 Å². The van der Waals surface area contributed by atoms with Crippen LogP contribution >= 0.6 is 27.5 Å². The van der Waals surface area contributed by atoms with Gasteiger partial charge in [-0.15, -0.1) is 0 Å². The van der Waals surface area contributed by atoms with Gasteiger partial charge < -0.3 is 11.1 Å². The molecular formula is C14H12BrClF2N2. The molecule has 106 valence electrons. The number of hydrogen-bond donors (Lipinski definition) is 2. The number of hydrogen-bond acceptors (Lipinski definition) is 2. The highest BCUT2D eigenvalue weighted by Gasteiger charge is 2.15. The quantitative estimate of drug-likeness (QED) is 0.842. The first-order valence-corrected chi connectivity index (χ1v) is 7.05. The SMILES string of the molecule is NCC(Nc1ccc(F)c(Br)c1)c1ccc(Cl)cc1F. The fourth-order valence-corrected chi connectivity index (χ4v) is 2.37. The number of nitrogens with one attached hydrogen (secondary N) is 1. The average molecular weight is 362 g/mol. The molecule has 0 aliphatic carbocycles. The summed E-state index contributed by atoms with van der Waals surface area (Å²) in [6, 6.07) is 8.46. The van der Waals surface area contributed by atoms with Crippen molar-refractivity contribution in [2.24, 2.45) is 5.73 Å². The lowest BCUT2D eigenvalue weighted by molar-refractivity contribution is 0.593. The van der Waals surface area contributed by atoms with E-state index < -0.39 is 11.9 Å². The molecule has 6 heteroatoms. The third-order valence-electron chi connectivity index (χ3n) is 2.83. The van der Waals surface area contributed by atoms with Crippen molar-refractivity contribution < 1.29 is 8.78 Å². The lowest BCUT2D eigenvalue weighted by Gasteiger charge is -2.19. The van der Waals surface area contributed by atoms with E-state index in [-0.39, 0.29) is 12.4 Å². The minimum atomic E-state index is -0.429. The highest BCUT2D eigenvalue weighted by atomic mass is 79.9. The molecule has 20 heavy (non-hydrogen) atoms. The van der Waals surface area contributed by atoms with Crippen molar-refractivity contribution >= 4 is 33.2 Å². The molecule has 2 aromatic carbocycles. The summed E-state index contributed by atoms with van der Waals surface area (Å²) in [5.41, 5.74) is 6.74. The van der Waals surface area contributed by atoms with Crippen LogP contribution < -0.4 is 11.1 Å². The predicted molar refractivity (Wildman–Crippen MR) is 80.9 cm³/mol. The minimum Gasteiger partial charge on any atom is -0.377 e. The molecule has 0 saturated heterocycles. The maximum atomic E-state index is 13.9. The summed E-state index contributed by atoms with van der Waals surface area (Å²) in [4.78, 5) is 0. The summed E-state index contributed by atoms with van der Waals surface area (Å²) in [5, 5.41) is 3.39. The fourth-order valence-electron chi connectivity index (χ4n) is 1.83. The van der Waals surface area contributed by atoms with Crippen molar-refractivity contribution in [3.05, 3.63) is 63.1 Å². The second kappa shape index (κ2) is 6.52. The van der Waals surface area contributed by atoms with E-state index in [1.54, 1.807) is 24.3 Å². The molecule has 0 saturated carbocycles. The lowest BCUT2D eigenvalue weighted by atomic mass is 10.1. The molecule has 2 rings (SSSR count). The van der Waals surface area contributed by atoms with Gasteiger partial charge in [0.05, 0.1) is 10.5 Å². The smallest absolute Gasteiger partial charge is 0.137 e. The molecule has 1 unspecified atom stereocenters. The molecule has 2 aromatic rings. The Morgan fingerprint density at radius 3 is 2.50 bits per heavy atom. The van der Waals surface area contributed by atoms with Gasteiger partial charge in [0.1, 0.15) is 11.6 Å². The number of nitrogens with two attached hydrogens (primary N) is 1. The van der Waals surface area contributed by atoms with Crippen LogP contribution in [0.3, 0.4) is 0 Å². The summed E-state index contributed by atoms with van der Waals surface area (Å²) in [5.74, 6) is -0.792. The van der Waals surface area contributed by atoms with Crippen molar-refractivity contribution in [2.45, 2.75) is 6.04 Å². The number of anilines is 1. The molecule has 0 heterocycles. The first kappa shape index (κ1) is 15.2. The highest BCUT2D eigenvalue weighted by molar-refractivity contribution is 9.10. The highest BCUT2D eigenvalue weighted by Crippen LogP contribution is 2.26. The standard InChI is InChI=1S/C14H12BrClF2N2/c15-11-6-9(2-4-12(11)17)20-14(7-19)10-3-1-8(16)5-13(10)18/h1-6,14,20H,7,19H2. The van der Waals surface area contributed by atoms with E-state index >= 15 is 0 Å². The zero-order valence-corrected chi connectivity index (χ0v) is 12.7. The van der Waals surface area contributed by atoms with Crippen LogP contribution in [0.1, 0.15) is 11.6 Å². The zero-order valence-electron chi connectivity index (χ0n) is 10.3. The maximum absolute atomic E-state index is 13.9. The van der Waals surface area contributed by atoms with Gasteiger partial charge >= 0.3 is 0 Å². The summed E-state index contributed by atoms with van der Waals surface area (Å²) < 4.78 is 27.4. The summed E-state index contributed by atoms with van der Waals surface area (Å²) >= 11 is 8.82. The molecule has 0 aliphatic rings. The van der Waals surface area contributed by atoms with E-state index in [4.69, 9.17) is 17.3 Å². The monoisotopic (exact) mass is 360 g/mol. The van der Waals surface area contributed by atoms with E-state index in [2.05, 4.69) is 21.2 Å². The predicted octanol–water partition coefficient (Wildman–Crippen LogP) is 4.49. The topological polar surface area (TPSA) is 38.0 Å². The van der Waals surface area contributed by atoms with Gasteiger partial charge in [-0.3, -0.25) is 0 Å². The largest absolute Gasteiger partial charge is 0.377 e. The van der Waals surface area contributed by atoms with Gasteiger partial charge in [-0.05, 0) is 46.3 Å². The first-order chi connectivity index (χ1) is 9.51. The molecule has 0 radical (unpaired) electrons. The molecule has 0 spiro atoms. The molecule has 3 N–H and O–H groups in total. The van der Waals surface area contributed by atoms with E-state index in [0.717, 1.165) is 0 Å². The van der Waals surface area contributed by atoms with Gasteiger partial charge in [0.2, 0.25) is 0 Å². The number of halogens is 4. The van der Waals surface area contributed by atoms with Crippen molar-refractivity contribution in [1.29, 1.82) is 0 Å². The van der Waals surface area contributed by atoms with E-state index in [1.165, 1.54) is 12.1 Å². The van der Waals surface area contributed by atoms with Crippen LogP contribution in [0.5, 0.6) is 0 Å². The van der Waals surface area contributed by atoms with E-state index in [0.29, 0.717) is 20.7 Å². The lowest BCUT2D eigenvalue weighted by Crippen LogP contribution is -2.21. The Labute approximate surface area is 129 Å². The Kier molecular flexibility index (Phi) is 4.96. The van der Waals surface area contributed by atoms with Crippen LogP contribution in [0.15, 0.2) is 40.9 Å². The normalized spacial score (nSPS) is 12.2. The maximum Gasteiger partial charge on any atom is 0.137 e. The van der Waals surface area contributed by atoms with Crippen LogP contribution in [-0.4, -0.2) is 6.54 Å². The zero-order chi connectivity index (χ0) is 14.7. The Bertz CT molecular complexity index is 622. The van der Waals surface area contributed by atoms with Gasteiger partial charge in [0.25, 0.3) is 0 Å². The third kappa shape index (κ3) is 3.48. The second-order valence-corrected chi connectivity index (χ2v) is 5.52. The molecule has 0 aromatic heterocycles. The Balaban J connectivity index is 2.26. The molecule has 0 bridgehead atoms. The van der Waals surface area contributed by atoms with Crippen LogP contribution in [0, 0.1) is 11.6 Å².